The van der Waals surface area contributed by atoms with Gasteiger partial charge in [0.05, 0.1) is 29.3 Å². The molecule has 4 atom stereocenters. The second-order valence-electron chi connectivity index (χ2n) is 11.1. The Morgan fingerprint density at radius 3 is 2.48 bits per heavy atom. The van der Waals surface area contributed by atoms with Crippen LogP contribution in [0.2, 0.25) is 0 Å². The zero-order chi connectivity index (χ0) is 29.2. The summed E-state index contributed by atoms with van der Waals surface area (Å²) < 4.78 is 1.53. The summed E-state index contributed by atoms with van der Waals surface area (Å²) in [7, 11) is 0. The van der Waals surface area contributed by atoms with Gasteiger partial charge in [0.15, 0.2) is 0 Å². The average molecular weight is 550 g/mol. The second-order valence-corrected chi connectivity index (χ2v) is 11.1. The Bertz CT molecular complexity index is 1410. The Morgan fingerprint density at radius 1 is 1.07 bits per heavy atom. The average Bonchev–Trinajstić information content (AvgIpc) is 3.45. The number of nitrogens with one attached hydrogen (secondary N) is 3. The van der Waals surface area contributed by atoms with E-state index < -0.39 is 47.4 Å². The number of nitrogens with zero attached hydrogens (tertiary/aromatic N) is 2. The number of aromatic hydroxyl groups is 1. The van der Waals surface area contributed by atoms with Crippen molar-refractivity contribution in [2.24, 2.45) is 5.92 Å². The lowest BCUT2D eigenvalue weighted by Crippen LogP contribution is -2.56. The molecule has 0 saturated heterocycles. The highest BCUT2D eigenvalue weighted by molar-refractivity contribution is 5.98. The monoisotopic (exact) mass is 549 g/mol. The molecule has 1 aliphatic carbocycles. The van der Waals surface area contributed by atoms with Gasteiger partial charge in [-0.1, -0.05) is 36.4 Å². The third-order valence-electron chi connectivity index (χ3n) is 6.99. The zero-order valence-electron chi connectivity index (χ0n) is 22.9. The van der Waals surface area contributed by atoms with Crippen molar-refractivity contribution >= 4 is 17.7 Å². The number of aromatic nitrogens is 2. The molecule has 4 rings (SSSR count). The molecule has 40 heavy (non-hydrogen) atoms. The lowest BCUT2D eigenvalue weighted by Gasteiger charge is -2.29. The highest BCUT2D eigenvalue weighted by Crippen LogP contribution is 2.32. The summed E-state index contributed by atoms with van der Waals surface area (Å²) in [6.07, 6.45) is -0.599. The van der Waals surface area contributed by atoms with Crippen LogP contribution >= 0.6 is 0 Å². The van der Waals surface area contributed by atoms with Crippen molar-refractivity contribution in [2.45, 2.75) is 64.3 Å². The number of phenolic OH excluding ortho intramolecular Hbond substituents is 1. The van der Waals surface area contributed by atoms with Crippen LogP contribution in [0.4, 0.5) is 0 Å². The Morgan fingerprint density at radius 2 is 1.80 bits per heavy atom. The molecule has 3 amide bonds. The van der Waals surface area contributed by atoms with Crippen molar-refractivity contribution in [3.8, 4) is 5.75 Å². The van der Waals surface area contributed by atoms with Crippen molar-refractivity contribution in [1.29, 1.82) is 0 Å². The van der Waals surface area contributed by atoms with Gasteiger partial charge in [-0.2, -0.15) is 5.10 Å². The fraction of sp³-hybridized carbons (Fsp3) is 0.379. The molecule has 11 heteroatoms. The lowest BCUT2D eigenvalue weighted by atomic mass is 9.89. The van der Waals surface area contributed by atoms with Crippen LogP contribution in [0.1, 0.15) is 59.7 Å². The van der Waals surface area contributed by atoms with E-state index in [-0.39, 0.29) is 17.9 Å². The molecule has 2 aromatic carbocycles. The number of benzene rings is 2. The number of carbonyl (C=O) groups is 3. The van der Waals surface area contributed by atoms with Gasteiger partial charge in [0.25, 0.3) is 11.8 Å². The van der Waals surface area contributed by atoms with Gasteiger partial charge in [-0.05, 0) is 69.0 Å². The number of hydroxylamine groups is 1. The minimum absolute atomic E-state index is 0.0337. The van der Waals surface area contributed by atoms with E-state index in [0.29, 0.717) is 17.7 Å². The molecule has 0 unspecified atom stereocenters. The first-order chi connectivity index (χ1) is 18.9. The van der Waals surface area contributed by atoms with Crippen molar-refractivity contribution in [3.05, 3.63) is 82.7 Å². The maximum atomic E-state index is 13.8. The minimum Gasteiger partial charge on any atom is -0.508 e. The van der Waals surface area contributed by atoms with Gasteiger partial charge in [0.2, 0.25) is 5.91 Å². The molecule has 3 aromatic rings. The van der Waals surface area contributed by atoms with Gasteiger partial charge in [-0.15, -0.1) is 0 Å². The summed E-state index contributed by atoms with van der Waals surface area (Å²) in [5.41, 5.74) is 3.96. The number of carbonyl (C=O) groups excluding carboxylic acids is 3. The van der Waals surface area contributed by atoms with Crippen molar-refractivity contribution in [1.82, 2.24) is 25.9 Å². The predicted octanol–water partition coefficient (Wildman–Crippen LogP) is 1.89. The van der Waals surface area contributed by atoms with Gasteiger partial charge in [0, 0.05) is 6.42 Å². The number of fused-ring (bicyclic) bond motifs is 1. The Kier molecular flexibility index (Phi) is 8.26. The maximum absolute atomic E-state index is 13.8. The van der Waals surface area contributed by atoms with E-state index in [4.69, 9.17) is 0 Å². The second kappa shape index (κ2) is 11.5. The molecule has 0 fully saturated rings. The summed E-state index contributed by atoms with van der Waals surface area (Å²) in [5.74, 6) is -3.55. The van der Waals surface area contributed by atoms with E-state index >= 15 is 0 Å². The van der Waals surface area contributed by atoms with Crippen molar-refractivity contribution in [2.75, 3.05) is 0 Å². The van der Waals surface area contributed by atoms with Crippen LogP contribution in [0.3, 0.4) is 0 Å². The van der Waals surface area contributed by atoms with Crippen LogP contribution in [0.25, 0.3) is 0 Å². The molecule has 0 aliphatic heterocycles. The largest absolute Gasteiger partial charge is 0.508 e. The Hall–Kier alpha value is -4.22. The standard InChI is InChI=1S/C29H35N5O6/c1-16-12-22(34(32-16)29(2,3)4)27(38)31-25(28(39)33-40)21(14-17-8-7-10-19(35)13-17)26(37)30-24-20-11-6-5-9-18(20)15-23(24)36/h5-13,21,23-25,35-36,40H,14-15H2,1-4H3,(H,30,37)(H,31,38)(H,33,39)/t21-,23-,24+,25+/m1/s1. The first-order valence-electron chi connectivity index (χ1n) is 13.0. The number of amides is 3. The summed E-state index contributed by atoms with van der Waals surface area (Å²) in [6.45, 7) is 7.35. The van der Waals surface area contributed by atoms with Gasteiger partial charge in [-0.3, -0.25) is 24.3 Å². The molecule has 0 spiro atoms. The minimum atomic E-state index is -1.52. The number of hydrogen-bond acceptors (Lipinski definition) is 7. The maximum Gasteiger partial charge on any atom is 0.270 e. The van der Waals surface area contributed by atoms with Crippen LogP contribution in [0, 0.1) is 12.8 Å². The third-order valence-corrected chi connectivity index (χ3v) is 6.99. The highest BCUT2D eigenvalue weighted by Gasteiger charge is 2.40. The smallest absolute Gasteiger partial charge is 0.270 e. The molecular weight excluding hydrogens is 514 g/mol. The normalized spacial score (nSPS) is 17.9. The fourth-order valence-corrected chi connectivity index (χ4v) is 5.11. The fourth-order valence-electron chi connectivity index (χ4n) is 5.11. The highest BCUT2D eigenvalue weighted by atomic mass is 16.5. The van der Waals surface area contributed by atoms with E-state index in [1.165, 1.54) is 16.8 Å². The summed E-state index contributed by atoms with van der Waals surface area (Å²) in [5, 5.41) is 40.2. The first kappa shape index (κ1) is 28.8. The number of hydrogen-bond donors (Lipinski definition) is 6. The van der Waals surface area contributed by atoms with Gasteiger partial charge in [-0.25, -0.2) is 5.48 Å². The number of rotatable bonds is 8. The van der Waals surface area contributed by atoms with E-state index in [0.717, 1.165) is 11.1 Å². The predicted molar refractivity (Wildman–Crippen MR) is 145 cm³/mol. The van der Waals surface area contributed by atoms with Gasteiger partial charge < -0.3 is 20.8 Å². The number of aryl methyl sites for hydroxylation is 1. The number of phenols is 1. The van der Waals surface area contributed by atoms with Crippen LogP contribution < -0.4 is 16.1 Å². The summed E-state index contributed by atoms with van der Waals surface area (Å²) >= 11 is 0. The number of aliphatic hydroxyl groups is 1. The third kappa shape index (κ3) is 6.16. The van der Waals surface area contributed by atoms with Crippen LogP contribution in [-0.4, -0.2) is 55.1 Å². The molecule has 0 bridgehead atoms. The molecule has 11 nitrogen and oxygen atoms in total. The van der Waals surface area contributed by atoms with E-state index in [1.54, 1.807) is 30.6 Å². The molecule has 212 valence electrons. The molecule has 6 N–H and O–H groups in total. The molecule has 1 aliphatic rings. The van der Waals surface area contributed by atoms with Crippen LogP contribution in [-0.2, 0) is 28.0 Å². The van der Waals surface area contributed by atoms with E-state index in [9.17, 15) is 29.8 Å². The molecule has 1 aromatic heterocycles. The van der Waals surface area contributed by atoms with Crippen LogP contribution in [0.15, 0.2) is 54.6 Å². The van der Waals surface area contributed by atoms with Gasteiger partial charge in [0.1, 0.15) is 17.5 Å². The summed E-state index contributed by atoms with van der Waals surface area (Å²) in [4.78, 5) is 40.3. The van der Waals surface area contributed by atoms with Crippen molar-refractivity contribution < 1.29 is 29.8 Å². The van der Waals surface area contributed by atoms with Crippen molar-refractivity contribution in [3.63, 3.8) is 0 Å². The Balaban J connectivity index is 1.69. The van der Waals surface area contributed by atoms with Gasteiger partial charge >= 0.3 is 0 Å². The Labute approximate surface area is 232 Å². The topological polar surface area (TPSA) is 166 Å². The number of aliphatic hydroxyl groups excluding tert-OH is 1. The SMILES string of the molecule is Cc1cc(C(=O)N[C@H](C(=O)NO)[C@@H](Cc2cccc(O)c2)C(=O)N[C@H]2c3ccccc3C[C@H]2O)n(C(C)(C)C)n1. The molecule has 1 heterocycles. The summed E-state index contributed by atoms with van der Waals surface area (Å²) in [6, 6.07) is 12.9. The van der Waals surface area contributed by atoms with E-state index in [1.807, 2.05) is 45.0 Å². The first-order valence-corrected chi connectivity index (χ1v) is 13.0. The zero-order valence-corrected chi connectivity index (χ0v) is 22.9. The van der Waals surface area contributed by atoms with Crippen LogP contribution in [0.5, 0.6) is 5.75 Å². The quantitative estimate of drug-likeness (QED) is 0.184. The molecule has 0 radical (unpaired) electrons. The molecular formula is C29H35N5O6. The molecule has 0 saturated carbocycles. The van der Waals surface area contributed by atoms with E-state index in [2.05, 4.69) is 15.7 Å². The lowest BCUT2D eigenvalue weighted by molar-refractivity contribution is -0.137.